The van der Waals surface area contributed by atoms with Crippen molar-refractivity contribution in [2.45, 2.75) is 37.4 Å². The van der Waals surface area contributed by atoms with E-state index in [1.807, 2.05) is 34.5 Å². The van der Waals surface area contributed by atoms with Gasteiger partial charge in [0.05, 0.1) is 0 Å². The minimum Gasteiger partial charge on any atom is -0.398 e. The van der Waals surface area contributed by atoms with E-state index in [1.165, 1.54) is 11.8 Å². The van der Waals surface area contributed by atoms with Crippen molar-refractivity contribution in [2.24, 2.45) is 5.73 Å². The smallest absolute Gasteiger partial charge is 0.317 e. The monoisotopic (exact) mass is 456 g/mol. The second-order valence-corrected chi connectivity index (χ2v) is 10.4. The number of carbonyl (C=O) groups is 2. The molecule has 0 aliphatic carbocycles. The van der Waals surface area contributed by atoms with E-state index in [4.69, 9.17) is 11.5 Å². The van der Waals surface area contributed by atoms with Crippen LogP contribution in [0.25, 0.3) is 10.4 Å². The van der Waals surface area contributed by atoms with Crippen molar-refractivity contribution in [3.05, 3.63) is 51.8 Å². The standard InChI is InChI=1S/C23H28N4O2S2/c1-2-3-9-26-22(29)27-10-8-20-16(14-27)13-23(31-20,21(25)28)17-12-15(6-7-18(17)24)19-5-4-11-30-19/h4-7,11-12H,2-3,8-10,13-14,24H2,1H3,(H2,25,28)(H,26,29). The van der Waals surface area contributed by atoms with Gasteiger partial charge in [-0.15, -0.1) is 23.1 Å². The van der Waals surface area contributed by atoms with Crippen molar-refractivity contribution in [3.8, 4) is 10.4 Å². The third-order valence-electron chi connectivity index (χ3n) is 5.93. The molecule has 8 heteroatoms. The highest BCUT2D eigenvalue weighted by molar-refractivity contribution is 8.05. The maximum Gasteiger partial charge on any atom is 0.317 e. The number of nitrogens with one attached hydrogen (secondary N) is 1. The van der Waals surface area contributed by atoms with Crippen molar-refractivity contribution in [1.29, 1.82) is 0 Å². The molecule has 0 saturated heterocycles. The van der Waals surface area contributed by atoms with Gasteiger partial charge in [0, 0.05) is 35.8 Å². The Morgan fingerprint density at radius 2 is 2.13 bits per heavy atom. The van der Waals surface area contributed by atoms with Crippen LogP contribution in [-0.2, 0) is 9.54 Å². The summed E-state index contributed by atoms with van der Waals surface area (Å²) >= 11 is 3.18. The summed E-state index contributed by atoms with van der Waals surface area (Å²) in [6, 6.07) is 9.87. The van der Waals surface area contributed by atoms with E-state index in [-0.39, 0.29) is 11.9 Å². The second-order valence-electron chi connectivity index (χ2n) is 8.03. The fraction of sp³-hybridized carbons (Fsp3) is 0.391. The molecule has 0 fully saturated rings. The second kappa shape index (κ2) is 8.96. The number of primary amides is 1. The van der Waals surface area contributed by atoms with Gasteiger partial charge in [0.1, 0.15) is 4.75 Å². The van der Waals surface area contributed by atoms with Gasteiger partial charge in [-0.3, -0.25) is 4.79 Å². The molecule has 6 nitrogen and oxygen atoms in total. The van der Waals surface area contributed by atoms with Gasteiger partial charge < -0.3 is 21.7 Å². The Hall–Kier alpha value is -2.45. The molecule has 164 valence electrons. The van der Waals surface area contributed by atoms with Crippen LogP contribution in [0.1, 0.15) is 38.2 Å². The first kappa shape index (κ1) is 21.8. The van der Waals surface area contributed by atoms with Gasteiger partial charge in [-0.2, -0.15) is 0 Å². The first-order valence-corrected chi connectivity index (χ1v) is 12.3. The van der Waals surface area contributed by atoms with Crippen LogP contribution in [0.4, 0.5) is 10.5 Å². The third-order valence-corrected chi connectivity index (χ3v) is 8.50. The number of thioether (sulfide) groups is 1. The van der Waals surface area contributed by atoms with E-state index >= 15 is 0 Å². The maximum atomic E-state index is 12.8. The zero-order valence-electron chi connectivity index (χ0n) is 17.6. The number of urea groups is 1. The summed E-state index contributed by atoms with van der Waals surface area (Å²) in [4.78, 5) is 29.5. The predicted molar refractivity (Wildman–Crippen MR) is 129 cm³/mol. The Balaban J connectivity index is 1.59. The summed E-state index contributed by atoms with van der Waals surface area (Å²) in [5.74, 6) is -0.388. The Bertz CT molecular complexity index is 1020. The van der Waals surface area contributed by atoms with Crippen molar-refractivity contribution in [2.75, 3.05) is 25.4 Å². The van der Waals surface area contributed by atoms with E-state index in [2.05, 4.69) is 18.3 Å². The van der Waals surface area contributed by atoms with Crippen LogP contribution in [0.15, 0.2) is 46.2 Å². The van der Waals surface area contributed by atoms with Gasteiger partial charge in [-0.25, -0.2) is 4.79 Å². The lowest BCUT2D eigenvalue weighted by Gasteiger charge is -2.28. The van der Waals surface area contributed by atoms with Crippen LogP contribution in [0.2, 0.25) is 0 Å². The minimum absolute atomic E-state index is 0.0409. The number of unbranched alkanes of at least 4 members (excludes halogenated alkanes) is 1. The first-order chi connectivity index (χ1) is 14.9. The number of rotatable bonds is 6. The highest BCUT2D eigenvalue weighted by Crippen LogP contribution is 2.56. The molecule has 31 heavy (non-hydrogen) atoms. The van der Waals surface area contributed by atoms with Gasteiger partial charge >= 0.3 is 6.03 Å². The Kier molecular flexibility index (Phi) is 6.29. The Labute approximate surface area is 191 Å². The molecule has 0 spiro atoms. The lowest BCUT2D eigenvalue weighted by molar-refractivity contribution is -0.120. The van der Waals surface area contributed by atoms with Crippen LogP contribution in [0, 0.1) is 0 Å². The quantitative estimate of drug-likeness (QED) is 0.446. The number of amides is 3. The number of benzene rings is 1. The van der Waals surface area contributed by atoms with Gasteiger partial charge in [0.25, 0.3) is 0 Å². The predicted octanol–water partition coefficient (Wildman–Crippen LogP) is 4.28. The van der Waals surface area contributed by atoms with Gasteiger partial charge in [-0.1, -0.05) is 25.5 Å². The minimum atomic E-state index is -0.934. The van der Waals surface area contributed by atoms with Crippen molar-refractivity contribution < 1.29 is 9.59 Å². The molecule has 1 unspecified atom stereocenters. The van der Waals surface area contributed by atoms with Crippen molar-refractivity contribution >= 4 is 40.7 Å². The number of nitrogens with two attached hydrogens (primary N) is 2. The first-order valence-electron chi connectivity index (χ1n) is 10.6. The van der Waals surface area contributed by atoms with E-state index in [0.717, 1.165) is 45.7 Å². The normalized spacial score (nSPS) is 20.6. The molecule has 0 radical (unpaired) electrons. The molecule has 1 aromatic heterocycles. The Morgan fingerprint density at radius 3 is 2.84 bits per heavy atom. The molecule has 1 aromatic carbocycles. The average molecular weight is 457 g/mol. The van der Waals surface area contributed by atoms with Crippen LogP contribution < -0.4 is 16.8 Å². The zero-order valence-corrected chi connectivity index (χ0v) is 19.3. The lowest BCUT2D eigenvalue weighted by Crippen LogP contribution is -2.43. The molecule has 5 N–H and O–H groups in total. The topological polar surface area (TPSA) is 101 Å². The number of hydrogen-bond donors (Lipinski definition) is 3. The molecule has 2 aliphatic rings. The van der Waals surface area contributed by atoms with Crippen molar-refractivity contribution in [3.63, 3.8) is 0 Å². The van der Waals surface area contributed by atoms with Crippen molar-refractivity contribution in [1.82, 2.24) is 10.2 Å². The number of anilines is 1. The van der Waals surface area contributed by atoms with E-state index in [9.17, 15) is 9.59 Å². The molecular formula is C23H28N4O2S2. The maximum absolute atomic E-state index is 12.8. The largest absolute Gasteiger partial charge is 0.398 e. The fourth-order valence-electron chi connectivity index (χ4n) is 4.22. The molecule has 3 heterocycles. The summed E-state index contributed by atoms with van der Waals surface area (Å²) in [6.45, 7) is 3.95. The lowest BCUT2D eigenvalue weighted by atomic mass is 9.87. The molecule has 0 bridgehead atoms. The number of nitrogens with zero attached hydrogens (tertiary/aromatic N) is 1. The van der Waals surface area contributed by atoms with E-state index < -0.39 is 4.75 Å². The number of nitrogen functional groups attached to an aromatic ring is 1. The average Bonchev–Trinajstić information content (AvgIpc) is 3.42. The summed E-state index contributed by atoms with van der Waals surface area (Å²) in [5.41, 5.74) is 15.8. The summed E-state index contributed by atoms with van der Waals surface area (Å²) < 4.78 is -0.934. The van der Waals surface area contributed by atoms with Crippen LogP contribution >= 0.6 is 23.1 Å². The fourth-order valence-corrected chi connectivity index (χ4v) is 6.47. The summed E-state index contributed by atoms with van der Waals surface area (Å²) in [5, 5.41) is 5.02. The molecule has 3 amide bonds. The molecular weight excluding hydrogens is 428 g/mol. The third kappa shape index (κ3) is 4.19. The van der Waals surface area contributed by atoms with Gasteiger partial charge in [0.15, 0.2) is 0 Å². The zero-order chi connectivity index (χ0) is 22.0. The number of thiophene rings is 1. The number of hydrogen-bond acceptors (Lipinski definition) is 5. The van der Waals surface area contributed by atoms with Gasteiger partial charge in [-0.05, 0) is 58.9 Å². The van der Waals surface area contributed by atoms with Crippen LogP contribution in [-0.4, -0.2) is 36.5 Å². The highest BCUT2D eigenvalue weighted by Gasteiger charge is 2.48. The molecule has 2 aromatic rings. The molecule has 1 atom stereocenters. The number of carbonyl (C=O) groups excluding carboxylic acids is 2. The summed E-state index contributed by atoms with van der Waals surface area (Å²) in [7, 11) is 0. The summed E-state index contributed by atoms with van der Waals surface area (Å²) in [6.07, 6.45) is 3.23. The molecule has 0 saturated carbocycles. The van der Waals surface area contributed by atoms with Crippen LogP contribution in [0.3, 0.4) is 0 Å². The molecule has 2 aliphatic heterocycles. The SMILES string of the molecule is CCCCNC(=O)N1CCC2=C(C1)CC(C(N)=O)(c1cc(-c3cccs3)ccc1N)S2. The molecule has 4 rings (SSSR count). The Morgan fingerprint density at radius 1 is 1.29 bits per heavy atom. The highest BCUT2D eigenvalue weighted by atomic mass is 32.2. The van der Waals surface area contributed by atoms with E-state index in [1.54, 1.807) is 11.3 Å². The van der Waals surface area contributed by atoms with E-state index in [0.29, 0.717) is 31.7 Å². The van der Waals surface area contributed by atoms with Crippen LogP contribution in [0.5, 0.6) is 0 Å². The van der Waals surface area contributed by atoms with Gasteiger partial charge in [0.2, 0.25) is 5.91 Å².